The van der Waals surface area contributed by atoms with Crippen molar-refractivity contribution in [2.45, 2.75) is 24.4 Å². The molecule has 5 rings (SSSR count). The topological polar surface area (TPSA) is 89.6 Å². The van der Waals surface area contributed by atoms with Crippen LogP contribution in [0.2, 0.25) is 5.02 Å². The van der Waals surface area contributed by atoms with E-state index in [-0.39, 0.29) is 5.56 Å². The van der Waals surface area contributed by atoms with Gasteiger partial charge in [-0.25, -0.2) is 4.98 Å². The predicted molar refractivity (Wildman–Crippen MR) is 125 cm³/mol. The van der Waals surface area contributed by atoms with Crippen LogP contribution in [0.25, 0.3) is 22.3 Å². The van der Waals surface area contributed by atoms with Crippen molar-refractivity contribution in [3.8, 4) is 11.4 Å². The zero-order valence-electron chi connectivity index (χ0n) is 17.1. The van der Waals surface area contributed by atoms with Gasteiger partial charge >= 0.3 is 0 Å². The van der Waals surface area contributed by atoms with E-state index < -0.39 is 0 Å². The molecule has 0 bridgehead atoms. The third-order valence-electron chi connectivity index (χ3n) is 4.94. The molecule has 3 heterocycles. The Kier molecular flexibility index (Phi) is 5.55. The number of aryl methyl sites for hydroxylation is 1. The van der Waals surface area contributed by atoms with E-state index >= 15 is 0 Å². The number of benzene rings is 2. The van der Waals surface area contributed by atoms with E-state index in [2.05, 4.69) is 26.2 Å². The van der Waals surface area contributed by atoms with Gasteiger partial charge < -0.3 is 9.40 Å². The third kappa shape index (κ3) is 4.19. The van der Waals surface area contributed by atoms with Crippen molar-refractivity contribution in [1.29, 1.82) is 0 Å². The van der Waals surface area contributed by atoms with Crippen molar-refractivity contribution in [3.05, 3.63) is 93.4 Å². The van der Waals surface area contributed by atoms with Gasteiger partial charge in [-0.05, 0) is 43.3 Å². The van der Waals surface area contributed by atoms with Gasteiger partial charge in [-0.2, -0.15) is 0 Å². The van der Waals surface area contributed by atoms with Crippen molar-refractivity contribution in [2.24, 2.45) is 0 Å². The fourth-order valence-electron chi connectivity index (χ4n) is 3.46. The lowest BCUT2D eigenvalue weighted by Crippen LogP contribution is -2.11. The van der Waals surface area contributed by atoms with E-state index in [0.717, 1.165) is 22.7 Å². The average molecular weight is 464 g/mol. The number of fused-ring (bicyclic) bond motifs is 1. The molecule has 2 aromatic carbocycles. The zero-order valence-corrected chi connectivity index (χ0v) is 18.7. The molecule has 0 radical (unpaired) electrons. The van der Waals surface area contributed by atoms with Crippen LogP contribution in [0.15, 0.2) is 75.2 Å². The van der Waals surface area contributed by atoms with Gasteiger partial charge in [0.1, 0.15) is 11.6 Å². The van der Waals surface area contributed by atoms with E-state index in [1.54, 1.807) is 24.5 Å². The molecule has 0 amide bonds. The Morgan fingerprint density at radius 2 is 2.03 bits per heavy atom. The number of aromatic nitrogens is 5. The van der Waals surface area contributed by atoms with Crippen LogP contribution < -0.4 is 5.56 Å². The second kappa shape index (κ2) is 8.64. The van der Waals surface area contributed by atoms with Crippen molar-refractivity contribution in [3.63, 3.8) is 0 Å². The summed E-state index contributed by atoms with van der Waals surface area (Å²) in [6, 6.07) is 16.9. The Morgan fingerprint density at radius 3 is 2.84 bits per heavy atom. The summed E-state index contributed by atoms with van der Waals surface area (Å²) in [4.78, 5) is 19.8. The van der Waals surface area contributed by atoms with Crippen LogP contribution >= 0.6 is 23.4 Å². The summed E-state index contributed by atoms with van der Waals surface area (Å²) in [6.45, 7) is 2.53. The quantitative estimate of drug-likeness (QED) is 0.353. The van der Waals surface area contributed by atoms with Gasteiger partial charge in [0.25, 0.3) is 5.56 Å². The summed E-state index contributed by atoms with van der Waals surface area (Å²) in [7, 11) is 0. The second-order valence-corrected chi connectivity index (χ2v) is 8.68. The number of furan rings is 1. The smallest absolute Gasteiger partial charge is 0.258 e. The molecule has 7 nitrogen and oxygen atoms in total. The Balaban J connectivity index is 1.48. The maximum Gasteiger partial charge on any atom is 0.258 e. The summed E-state index contributed by atoms with van der Waals surface area (Å²) in [5, 5.41) is 10.6. The Bertz CT molecular complexity index is 1460. The fourth-order valence-corrected chi connectivity index (χ4v) is 4.43. The molecule has 1 N–H and O–H groups in total. The van der Waals surface area contributed by atoms with Crippen LogP contribution in [0.3, 0.4) is 0 Å². The van der Waals surface area contributed by atoms with E-state index in [0.29, 0.717) is 39.2 Å². The number of hydrogen-bond donors (Lipinski definition) is 1. The van der Waals surface area contributed by atoms with Crippen molar-refractivity contribution < 1.29 is 4.42 Å². The lowest BCUT2D eigenvalue weighted by Gasteiger charge is -2.09. The highest BCUT2D eigenvalue weighted by Crippen LogP contribution is 2.27. The van der Waals surface area contributed by atoms with Crippen molar-refractivity contribution in [2.75, 3.05) is 0 Å². The molecule has 160 valence electrons. The number of H-pyrrole nitrogens is 1. The summed E-state index contributed by atoms with van der Waals surface area (Å²) < 4.78 is 7.56. The highest BCUT2D eigenvalue weighted by atomic mass is 35.5. The number of nitrogens with one attached hydrogen (secondary N) is 1. The van der Waals surface area contributed by atoms with Crippen molar-refractivity contribution in [1.82, 2.24) is 24.7 Å². The van der Waals surface area contributed by atoms with Crippen LogP contribution in [0.5, 0.6) is 0 Å². The number of halogens is 1. The minimum absolute atomic E-state index is 0.195. The normalized spacial score (nSPS) is 11.3. The molecule has 0 unspecified atom stereocenters. The van der Waals surface area contributed by atoms with Gasteiger partial charge in [0, 0.05) is 10.6 Å². The van der Waals surface area contributed by atoms with Gasteiger partial charge in [-0.15, -0.1) is 10.2 Å². The highest BCUT2D eigenvalue weighted by molar-refractivity contribution is 7.98. The van der Waals surface area contributed by atoms with Crippen molar-refractivity contribution >= 4 is 34.3 Å². The van der Waals surface area contributed by atoms with E-state index in [9.17, 15) is 4.79 Å². The number of aromatic amines is 1. The zero-order chi connectivity index (χ0) is 22.1. The molecule has 0 atom stereocenters. The number of nitrogens with zero attached hydrogens (tertiary/aromatic N) is 4. The summed E-state index contributed by atoms with van der Waals surface area (Å²) in [5.41, 5.74) is 2.48. The summed E-state index contributed by atoms with van der Waals surface area (Å²) in [5.74, 6) is 2.51. The molecule has 9 heteroatoms. The lowest BCUT2D eigenvalue weighted by atomic mass is 10.1. The van der Waals surface area contributed by atoms with Gasteiger partial charge in [-0.3, -0.25) is 9.36 Å². The summed E-state index contributed by atoms with van der Waals surface area (Å²) >= 11 is 7.51. The fraction of sp³-hybridized carbons (Fsp3) is 0.130. The van der Waals surface area contributed by atoms with Crippen LogP contribution in [-0.2, 0) is 12.3 Å². The molecule has 0 aliphatic rings. The van der Waals surface area contributed by atoms with Gasteiger partial charge in [0.2, 0.25) is 0 Å². The molecule has 0 saturated heterocycles. The minimum atomic E-state index is -0.195. The monoisotopic (exact) mass is 463 g/mol. The first-order chi connectivity index (χ1) is 15.6. The van der Waals surface area contributed by atoms with E-state index in [1.165, 1.54) is 11.8 Å². The molecule has 0 spiro atoms. The average Bonchev–Trinajstić information content (AvgIpc) is 3.42. The van der Waals surface area contributed by atoms with E-state index in [4.69, 9.17) is 16.0 Å². The largest absolute Gasteiger partial charge is 0.467 e. The van der Waals surface area contributed by atoms with Crippen LogP contribution in [0.4, 0.5) is 0 Å². The third-order valence-corrected chi connectivity index (χ3v) is 6.16. The molecule has 0 saturated carbocycles. The maximum atomic E-state index is 12.4. The number of hydrogen-bond acceptors (Lipinski definition) is 6. The Morgan fingerprint density at radius 1 is 1.12 bits per heavy atom. The Labute approximate surface area is 192 Å². The standard InChI is InChI=1S/C23H18ClN5O2S/c1-14-4-2-5-15(10-14)21-27-28-23(29(21)12-17-6-3-9-31-17)32-13-20-25-19-11-16(24)7-8-18(19)22(30)26-20/h2-11H,12-13H2,1H3,(H,25,26,30). The lowest BCUT2D eigenvalue weighted by molar-refractivity contribution is 0.485. The maximum absolute atomic E-state index is 12.4. The first kappa shape index (κ1) is 20.5. The van der Waals surface area contributed by atoms with Gasteiger partial charge in [0.05, 0.1) is 29.5 Å². The molecular weight excluding hydrogens is 446 g/mol. The molecule has 5 aromatic rings. The predicted octanol–water partition coefficient (Wildman–Crippen LogP) is 5.08. The molecule has 0 aliphatic carbocycles. The number of rotatable bonds is 6. The first-order valence-electron chi connectivity index (χ1n) is 9.91. The van der Waals surface area contributed by atoms with Gasteiger partial charge in [0.15, 0.2) is 11.0 Å². The van der Waals surface area contributed by atoms with Crippen LogP contribution in [0.1, 0.15) is 17.1 Å². The summed E-state index contributed by atoms with van der Waals surface area (Å²) in [6.07, 6.45) is 1.65. The van der Waals surface area contributed by atoms with Crippen LogP contribution in [0, 0.1) is 6.92 Å². The van der Waals surface area contributed by atoms with Gasteiger partial charge in [-0.1, -0.05) is 47.1 Å². The van der Waals surface area contributed by atoms with E-state index in [1.807, 2.05) is 41.8 Å². The molecule has 3 aromatic heterocycles. The molecular formula is C23H18ClN5O2S. The second-order valence-electron chi connectivity index (χ2n) is 7.30. The SMILES string of the molecule is Cc1cccc(-c2nnc(SCc3nc4cc(Cl)ccc4c(=O)[nH]3)n2Cc2ccco2)c1. The number of thioether (sulfide) groups is 1. The highest BCUT2D eigenvalue weighted by Gasteiger charge is 2.17. The molecule has 32 heavy (non-hydrogen) atoms. The van der Waals surface area contributed by atoms with Crippen LogP contribution in [-0.4, -0.2) is 24.7 Å². The molecule has 0 fully saturated rings. The molecule has 0 aliphatic heterocycles. The Hall–Kier alpha value is -3.36. The first-order valence-corrected chi connectivity index (χ1v) is 11.3. The minimum Gasteiger partial charge on any atom is -0.467 e.